The average molecular weight is 336 g/mol. The summed E-state index contributed by atoms with van der Waals surface area (Å²) in [5.41, 5.74) is 1.32. The van der Waals surface area contributed by atoms with Crippen LogP contribution >= 0.6 is 0 Å². The Hall–Kier alpha value is -3.41. The predicted octanol–water partition coefficient (Wildman–Crippen LogP) is 4.07. The normalized spacial score (nSPS) is 10.4. The summed E-state index contributed by atoms with van der Waals surface area (Å²) in [4.78, 5) is 22.7. The van der Waals surface area contributed by atoms with Crippen LogP contribution in [0.5, 0.6) is 5.75 Å². The van der Waals surface area contributed by atoms with Crippen molar-refractivity contribution in [3.8, 4) is 5.75 Å². The van der Waals surface area contributed by atoms with Crippen molar-refractivity contribution in [1.29, 1.82) is 0 Å². The second kappa shape index (κ2) is 7.00. The SMILES string of the molecule is Cc1ccc([N+](=O)[O-])c(OCC(=O)Nc2cccc3ccccc23)c1. The smallest absolute Gasteiger partial charge is 0.310 e. The average Bonchev–Trinajstić information content (AvgIpc) is 2.60. The molecule has 0 spiro atoms. The monoisotopic (exact) mass is 336 g/mol. The third-order valence-electron chi connectivity index (χ3n) is 3.73. The van der Waals surface area contributed by atoms with Crippen LogP contribution in [0.25, 0.3) is 10.8 Å². The van der Waals surface area contributed by atoms with E-state index in [0.29, 0.717) is 5.69 Å². The van der Waals surface area contributed by atoms with Crippen LogP contribution in [0.15, 0.2) is 60.7 Å². The Balaban J connectivity index is 1.73. The van der Waals surface area contributed by atoms with Crippen LogP contribution < -0.4 is 10.1 Å². The summed E-state index contributed by atoms with van der Waals surface area (Å²) >= 11 is 0. The summed E-state index contributed by atoms with van der Waals surface area (Å²) in [6.07, 6.45) is 0. The molecule has 0 aliphatic carbocycles. The lowest BCUT2D eigenvalue weighted by atomic mass is 10.1. The standard InChI is InChI=1S/C19H16N2O4/c1-13-9-10-17(21(23)24)18(11-13)25-12-19(22)20-16-8-4-6-14-5-2-3-7-15(14)16/h2-11H,12H2,1H3,(H,20,22). The Morgan fingerprint density at radius 1 is 1.12 bits per heavy atom. The van der Waals surface area contributed by atoms with Gasteiger partial charge in [0, 0.05) is 17.1 Å². The van der Waals surface area contributed by atoms with E-state index in [1.807, 2.05) is 36.4 Å². The van der Waals surface area contributed by atoms with E-state index in [-0.39, 0.29) is 24.0 Å². The first-order valence-corrected chi connectivity index (χ1v) is 7.70. The zero-order valence-corrected chi connectivity index (χ0v) is 13.6. The molecule has 0 fully saturated rings. The Kier molecular flexibility index (Phi) is 4.61. The summed E-state index contributed by atoms with van der Waals surface area (Å²) in [6, 6.07) is 17.8. The fourth-order valence-electron chi connectivity index (χ4n) is 2.55. The van der Waals surface area contributed by atoms with Gasteiger partial charge in [-0.15, -0.1) is 0 Å². The van der Waals surface area contributed by atoms with Gasteiger partial charge in [0.05, 0.1) is 4.92 Å². The number of carbonyl (C=O) groups is 1. The van der Waals surface area contributed by atoms with Gasteiger partial charge >= 0.3 is 5.69 Å². The second-order valence-corrected chi connectivity index (χ2v) is 5.59. The number of nitro benzene ring substituents is 1. The minimum absolute atomic E-state index is 0.0815. The summed E-state index contributed by atoms with van der Waals surface area (Å²) in [6.45, 7) is 1.49. The Labute approximate surface area is 144 Å². The number of nitrogens with zero attached hydrogens (tertiary/aromatic N) is 1. The van der Waals surface area contributed by atoms with Crippen molar-refractivity contribution in [2.24, 2.45) is 0 Å². The molecule has 0 saturated carbocycles. The minimum atomic E-state index is -0.530. The van der Waals surface area contributed by atoms with Gasteiger partial charge in [-0.3, -0.25) is 14.9 Å². The zero-order chi connectivity index (χ0) is 17.8. The number of nitro groups is 1. The molecule has 3 aromatic carbocycles. The van der Waals surface area contributed by atoms with Crippen molar-refractivity contribution in [2.45, 2.75) is 6.92 Å². The van der Waals surface area contributed by atoms with Crippen LogP contribution in [0.4, 0.5) is 11.4 Å². The van der Waals surface area contributed by atoms with Gasteiger partial charge in [-0.2, -0.15) is 0 Å². The lowest BCUT2D eigenvalue weighted by Crippen LogP contribution is -2.20. The maximum atomic E-state index is 12.2. The highest BCUT2D eigenvalue weighted by Crippen LogP contribution is 2.28. The number of carbonyl (C=O) groups excluding carboxylic acids is 1. The number of fused-ring (bicyclic) bond motifs is 1. The van der Waals surface area contributed by atoms with Crippen molar-refractivity contribution >= 4 is 28.1 Å². The van der Waals surface area contributed by atoms with Gasteiger partial charge in [0.25, 0.3) is 5.91 Å². The molecule has 0 atom stereocenters. The Morgan fingerprint density at radius 3 is 2.68 bits per heavy atom. The number of hydrogen-bond acceptors (Lipinski definition) is 4. The van der Waals surface area contributed by atoms with Crippen molar-refractivity contribution in [3.05, 3.63) is 76.3 Å². The molecule has 6 nitrogen and oxygen atoms in total. The van der Waals surface area contributed by atoms with E-state index in [4.69, 9.17) is 4.74 Å². The topological polar surface area (TPSA) is 81.5 Å². The zero-order valence-electron chi connectivity index (χ0n) is 13.6. The summed E-state index contributed by atoms with van der Waals surface area (Å²) in [5.74, 6) is -0.301. The molecular formula is C19H16N2O4. The molecule has 0 aromatic heterocycles. The van der Waals surface area contributed by atoms with Gasteiger partial charge in [-0.1, -0.05) is 42.5 Å². The molecule has 0 heterocycles. The molecule has 1 N–H and O–H groups in total. The summed E-state index contributed by atoms with van der Waals surface area (Å²) in [7, 11) is 0. The molecule has 0 unspecified atom stereocenters. The van der Waals surface area contributed by atoms with Crippen molar-refractivity contribution in [3.63, 3.8) is 0 Å². The van der Waals surface area contributed by atoms with Crippen LogP contribution in [0.1, 0.15) is 5.56 Å². The molecular weight excluding hydrogens is 320 g/mol. The molecule has 3 rings (SSSR count). The van der Waals surface area contributed by atoms with Crippen molar-refractivity contribution < 1.29 is 14.5 Å². The van der Waals surface area contributed by atoms with E-state index in [2.05, 4.69) is 5.32 Å². The van der Waals surface area contributed by atoms with Crippen LogP contribution in [-0.4, -0.2) is 17.4 Å². The largest absolute Gasteiger partial charge is 0.477 e. The molecule has 0 aliphatic heterocycles. The fourth-order valence-corrected chi connectivity index (χ4v) is 2.55. The lowest BCUT2D eigenvalue weighted by molar-refractivity contribution is -0.385. The van der Waals surface area contributed by atoms with Gasteiger partial charge in [0.1, 0.15) is 0 Å². The van der Waals surface area contributed by atoms with E-state index >= 15 is 0 Å². The predicted molar refractivity (Wildman–Crippen MR) is 95.9 cm³/mol. The molecule has 126 valence electrons. The van der Waals surface area contributed by atoms with E-state index in [0.717, 1.165) is 16.3 Å². The third kappa shape index (κ3) is 3.74. The first-order valence-electron chi connectivity index (χ1n) is 7.70. The van der Waals surface area contributed by atoms with Gasteiger partial charge in [-0.05, 0) is 30.0 Å². The van der Waals surface area contributed by atoms with Gasteiger partial charge < -0.3 is 10.1 Å². The lowest BCUT2D eigenvalue weighted by Gasteiger charge is -2.10. The van der Waals surface area contributed by atoms with E-state index in [1.54, 1.807) is 25.1 Å². The highest BCUT2D eigenvalue weighted by atomic mass is 16.6. The molecule has 1 amide bonds. The van der Waals surface area contributed by atoms with Crippen molar-refractivity contribution in [1.82, 2.24) is 0 Å². The Bertz CT molecular complexity index is 948. The number of anilines is 1. The first kappa shape index (κ1) is 16.4. The maximum Gasteiger partial charge on any atom is 0.310 e. The third-order valence-corrected chi connectivity index (χ3v) is 3.73. The Morgan fingerprint density at radius 2 is 1.88 bits per heavy atom. The number of hydrogen-bond donors (Lipinski definition) is 1. The van der Waals surface area contributed by atoms with Crippen molar-refractivity contribution in [2.75, 3.05) is 11.9 Å². The summed E-state index contributed by atoms with van der Waals surface area (Å²) < 4.78 is 5.37. The molecule has 3 aromatic rings. The molecule has 0 radical (unpaired) electrons. The van der Waals surface area contributed by atoms with Crippen LogP contribution in [0.3, 0.4) is 0 Å². The number of nitrogens with one attached hydrogen (secondary N) is 1. The van der Waals surface area contributed by atoms with Gasteiger partial charge in [0.2, 0.25) is 0 Å². The van der Waals surface area contributed by atoms with E-state index in [1.165, 1.54) is 6.07 Å². The molecule has 0 bridgehead atoms. The highest BCUT2D eigenvalue weighted by molar-refractivity contribution is 6.02. The first-order chi connectivity index (χ1) is 12.0. The van der Waals surface area contributed by atoms with Gasteiger partial charge in [0.15, 0.2) is 12.4 Å². The number of rotatable bonds is 5. The number of amides is 1. The fraction of sp³-hybridized carbons (Fsp3) is 0.105. The van der Waals surface area contributed by atoms with Crippen LogP contribution in [0.2, 0.25) is 0 Å². The highest BCUT2D eigenvalue weighted by Gasteiger charge is 2.16. The molecule has 0 saturated heterocycles. The summed E-state index contributed by atoms with van der Waals surface area (Å²) in [5, 5.41) is 15.8. The minimum Gasteiger partial charge on any atom is -0.477 e. The molecule has 6 heteroatoms. The van der Waals surface area contributed by atoms with Gasteiger partial charge in [-0.25, -0.2) is 0 Å². The molecule has 25 heavy (non-hydrogen) atoms. The van der Waals surface area contributed by atoms with E-state index in [9.17, 15) is 14.9 Å². The van der Waals surface area contributed by atoms with Crippen LogP contribution in [0, 0.1) is 17.0 Å². The van der Waals surface area contributed by atoms with Crippen LogP contribution in [-0.2, 0) is 4.79 Å². The maximum absolute atomic E-state index is 12.2. The molecule has 0 aliphatic rings. The second-order valence-electron chi connectivity index (χ2n) is 5.59. The number of benzene rings is 3. The number of aryl methyl sites for hydroxylation is 1. The quantitative estimate of drug-likeness (QED) is 0.562. The van der Waals surface area contributed by atoms with E-state index < -0.39 is 4.92 Å². The number of ether oxygens (including phenoxy) is 1.